The van der Waals surface area contributed by atoms with Crippen molar-refractivity contribution in [1.82, 2.24) is 25.4 Å². The molecule has 3 heterocycles. The first-order valence-electron chi connectivity index (χ1n) is 10.3. The molecule has 2 amide bonds. The minimum atomic E-state index is -0.224. The molecule has 2 aromatic heterocycles. The number of pyridine rings is 1. The number of carbonyl (C=O) groups is 2. The molecule has 1 aliphatic heterocycles. The molecule has 0 bridgehead atoms. The Morgan fingerprint density at radius 1 is 1.19 bits per heavy atom. The van der Waals surface area contributed by atoms with Gasteiger partial charge in [0.15, 0.2) is 0 Å². The van der Waals surface area contributed by atoms with Gasteiger partial charge < -0.3 is 15.0 Å². The van der Waals surface area contributed by atoms with E-state index >= 15 is 0 Å². The second-order valence-corrected chi connectivity index (χ2v) is 7.56. The Morgan fingerprint density at radius 3 is 2.71 bits per heavy atom. The predicted molar refractivity (Wildman–Crippen MR) is 115 cm³/mol. The number of hydrogen-bond donors (Lipinski definition) is 2. The largest absolute Gasteiger partial charge is 0.497 e. The van der Waals surface area contributed by atoms with Gasteiger partial charge in [0.1, 0.15) is 11.4 Å². The van der Waals surface area contributed by atoms with Gasteiger partial charge in [-0.1, -0.05) is 12.1 Å². The molecular weight excluding hydrogens is 394 g/mol. The molecule has 8 heteroatoms. The number of hydrogen-bond acceptors (Lipinski definition) is 5. The number of likely N-dealkylation sites (tertiary alicyclic amines) is 1. The van der Waals surface area contributed by atoms with Gasteiger partial charge in [0.05, 0.1) is 18.7 Å². The molecule has 0 radical (unpaired) electrons. The number of ether oxygens (including phenoxy) is 1. The lowest BCUT2D eigenvalue weighted by Gasteiger charge is -2.31. The first-order valence-corrected chi connectivity index (χ1v) is 10.3. The second-order valence-electron chi connectivity index (χ2n) is 7.56. The molecule has 8 nitrogen and oxygen atoms in total. The van der Waals surface area contributed by atoms with E-state index in [9.17, 15) is 9.59 Å². The zero-order valence-corrected chi connectivity index (χ0v) is 17.4. The number of carbonyl (C=O) groups excluding carboxylic acids is 2. The van der Waals surface area contributed by atoms with Gasteiger partial charge in [0.25, 0.3) is 5.91 Å². The molecule has 160 valence electrons. The fourth-order valence-electron chi connectivity index (χ4n) is 3.72. The number of methoxy groups -OCH3 is 1. The molecule has 1 fully saturated rings. The highest BCUT2D eigenvalue weighted by Crippen LogP contribution is 2.21. The molecule has 0 saturated carbocycles. The average molecular weight is 419 g/mol. The van der Waals surface area contributed by atoms with E-state index in [1.807, 2.05) is 36.4 Å². The molecule has 1 aromatic carbocycles. The summed E-state index contributed by atoms with van der Waals surface area (Å²) in [6, 6.07) is 13.0. The van der Waals surface area contributed by atoms with Crippen LogP contribution < -0.4 is 10.1 Å². The summed E-state index contributed by atoms with van der Waals surface area (Å²) in [5, 5.41) is 10.1. The van der Waals surface area contributed by atoms with E-state index in [1.54, 1.807) is 30.5 Å². The van der Waals surface area contributed by atoms with Crippen LogP contribution in [0, 0.1) is 5.92 Å². The zero-order chi connectivity index (χ0) is 21.6. The van der Waals surface area contributed by atoms with Crippen molar-refractivity contribution in [3.63, 3.8) is 0 Å². The van der Waals surface area contributed by atoms with Gasteiger partial charge in [-0.3, -0.25) is 19.7 Å². The quantitative estimate of drug-likeness (QED) is 0.640. The number of benzene rings is 1. The van der Waals surface area contributed by atoms with Gasteiger partial charge in [-0.2, -0.15) is 5.10 Å². The predicted octanol–water partition coefficient (Wildman–Crippen LogP) is 2.65. The maximum Gasteiger partial charge on any atom is 0.271 e. The standard InChI is InChI=1S/C23H25N5O3/c1-31-19-6-4-16(5-7-19)14-25-22(29)18-3-2-12-28(15-18)23(30)21-13-20(26-27-21)17-8-10-24-11-9-17/h4-11,13,18H,2-3,12,14-15H2,1H3,(H,25,29)(H,26,27). The fraction of sp³-hybridized carbons (Fsp3) is 0.304. The number of piperidine rings is 1. The number of H-pyrrole nitrogens is 1. The second kappa shape index (κ2) is 9.42. The van der Waals surface area contributed by atoms with Crippen molar-refractivity contribution in [2.45, 2.75) is 19.4 Å². The number of nitrogens with zero attached hydrogens (tertiary/aromatic N) is 3. The SMILES string of the molecule is COc1ccc(CNC(=O)C2CCCN(C(=O)c3cc(-c4ccncc4)n[nH]3)C2)cc1. The zero-order valence-electron chi connectivity index (χ0n) is 17.4. The number of aromatic amines is 1. The molecular formula is C23H25N5O3. The van der Waals surface area contributed by atoms with Crippen LogP contribution in [0.3, 0.4) is 0 Å². The number of amides is 2. The molecule has 1 atom stereocenters. The Balaban J connectivity index is 1.34. The van der Waals surface area contributed by atoms with Crippen LogP contribution in [-0.2, 0) is 11.3 Å². The summed E-state index contributed by atoms with van der Waals surface area (Å²) in [7, 11) is 1.62. The molecule has 3 aromatic rings. The summed E-state index contributed by atoms with van der Waals surface area (Å²) in [6.07, 6.45) is 4.93. The van der Waals surface area contributed by atoms with Crippen molar-refractivity contribution in [2.75, 3.05) is 20.2 Å². The average Bonchev–Trinajstić information content (AvgIpc) is 3.33. The molecule has 4 rings (SSSR count). The maximum absolute atomic E-state index is 13.0. The van der Waals surface area contributed by atoms with Gasteiger partial charge in [0.2, 0.25) is 5.91 Å². The molecule has 1 saturated heterocycles. The molecule has 2 N–H and O–H groups in total. The Bertz CT molecular complexity index is 1030. The van der Waals surface area contributed by atoms with Crippen molar-refractivity contribution in [2.24, 2.45) is 5.92 Å². The van der Waals surface area contributed by atoms with E-state index < -0.39 is 0 Å². The smallest absolute Gasteiger partial charge is 0.271 e. The maximum atomic E-state index is 13.0. The summed E-state index contributed by atoms with van der Waals surface area (Å²) < 4.78 is 5.15. The highest BCUT2D eigenvalue weighted by molar-refractivity contribution is 5.94. The summed E-state index contributed by atoms with van der Waals surface area (Å²) in [4.78, 5) is 31.4. The van der Waals surface area contributed by atoms with E-state index in [4.69, 9.17) is 4.74 Å². The molecule has 31 heavy (non-hydrogen) atoms. The summed E-state index contributed by atoms with van der Waals surface area (Å²) in [6.45, 7) is 1.48. The Morgan fingerprint density at radius 2 is 1.97 bits per heavy atom. The van der Waals surface area contributed by atoms with Crippen LogP contribution >= 0.6 is 0 Å². The van der Waals surface area contributed by atoms with Crippen molar-refractivity contribution in [1.29, 1.82) is 0 Å². The molecule has 0 aliphatic carbocycles. The van der Waals surface area contributed by atoms with Crippen LogP contribution in [-0.4, -0.2) is 52.1 Å². The lowest BCUT2D eigenvalue weighted by atomic mass is 9.96. The van der Waals surface area contributed by atoms with E-state index in [1.165, 1.54) is 0 Å². The number of aromatic nitrogens is 3. The van der Waals surface area contributed by atoms with Crippen molar-refractivity contribution >= 4 is 11.8 Å². The lowest BCUT2D eigenvalue weighted by Crippen LogP contribution is -2.45. The third-order valence-electron chi connectivity index (χ3n) is 5.49. The van der Waals surface area contributed by atoms with Crippen LogP contribution in [0.15, 0.2) is 54.9 Å². The van der Waals surface area contributed by atoms with Crippen molar-refractivity contribution in [3.05, 3.63) is 66.1 Å². The van der Waals surface area contributed by atoms with Crippen molar-refractivity contribution < 1.29 is 14.3 Å². The van der Waals surface area contributed by atoms with E-state index in [2.05, 4.69) is 20.5 Å². The first-order chi connectivity index (χ1) is 15.1. The monoisotopic (exact) mass is 419 g/mol. The first kappa shape index (κ1) is 20.6. The van der Waals surface area contributed by atoms with Crippen LogP contribution in [0.5, 0.6) is 5.75 Å². The Labute approximate surface area is 180 Å². The molecule has 0 spiro atoms. The Kier molecular flexibility index (Phi) is 6.26. The minimum Gasteiger partial charge on any atom is -0.497 e. The van der Waals surface area contributed by atoms with E-state index in [0.29, 0.717) is 31.0 Å². The minimum absolute atomic E-state index is 0.0320. The van der Waals surface area contributed by atoms with E-state index in [0.717, 1.165) is 29.7 Å². The van der Waals surface area contributed by atoms with E-state index in [-0.39, 0.29) is 17.7 Å². The summed E-state index contributed by atoms with van der Waals surface area (Å²) >= 11 is 0. The van der Waals surface area contributed by atoms with Gasteiger partial charge in [-0.25, -0.2) is 0 Å². The third kappa shape index (κ3) is 4.91. The highest BCUT2D eigenvalue weighted by atomic mass is 16.5. The normalized spacial score (nSPS) is 16.0. The summed E-state index contributed by atoms with van der Waals surface area (Å²) in [5.41, 5.74) is 3.00. The fourth-order valence-corrected chi connectivity index (χ4v) is 3.72. The van der Waals surface area contributed by atoms with Gasteiger partial charge in [-0.05, 0) is 48.7 Å². The summed E-state index contributed by atoms with van der Waals surface area (Å²) in [5.74, 6) is 0.386. The third-order valence-corrected chi connectivity index (χ3v) is 5.49. The highest BCUT2D eigenvalue weighted by Gasteiger charge is 2.29. The van der Waals surface area contributed by atoms with Gasteiger partial charge in [-0.15, -0.1) is 0 Å². The van der Waals surface area contributed by atoms with Gasteiger partial charge >= 0.3 is 0 Å². The van der Waals surface area contributed by atoms with Crippen LogP contribution in [0.1, 0.15) is 28.9 Å². The van der Waals surface area contributed by atoms with Crippen LogP contribution in [0.4, 0.5) is 0 Å². The van der Waals surface area contributed by atoms with Crippen LogP contribution in [0.25, 0.3) is 11.3 Å². The number of nitrogens with one attached hydrogen (secondary N) is 2. The molecule has 1 unspecified atom stereocenters. The van der Waals surface area contributed by atoms with Gasteiger partial charge in [0, 0.05) is 37.6 Å². The molecule has 1 aliphatic rings. The van der Waals surface area contributed by atoms with Crippen molar-refractivity contribution in [3.8, 4) is 17.0 Å². The topological polar surface area (TPSA) is 100 Å². The lowest BCUT2D eigenvalue weighted by molar-refractivity contribution is -0.126. The Hall–Kier alpha value is -3.68. The van der Waals surface area contributed by atoms with Crippen LogP contribution in [0.2, 0.25) is 0 Å². The number of rotatable bonds is 6.